The molecule has 0 fully saturated rings. The lowest BCUT2D eigenvalue weighted by Gasteiger charge is -2.16. The average Bonchev–Trinajstić information content (AvgIpc) is 2.31. The summed E-state index contributed by atoms with van der Waals surface area (Å²) in [6, 6.07) is 5.64. The average molecular weight is 294 g/mol. The van der Waals surface area contributed by atoms with E-state index in [-0.39, 0.29) is 18.0 Å². The third-order valence-corrected chi connectivity index (χ3v) is 4.11. The van der Waals surface area contributed by atoms with Gasteiger partial charge in [-0.1, -0.05) is 12.1 Å². The van der Waals surface area contributed by atoms with Crippen LogP contribution in [0.25, 0.3) is 0 Å². The van der Waals surface area contributed by atoms with Crippen LogP contribution in [0.5, 0.6) is 5.75 Å². The first kappa shape index (κ1) is 15.6. The zero-order valence-electron chi connectivity index (χ0n) is 10.6. The van der Waals surface area contributed by atoms with Crippen LogP contribution in [0.4, 0.5) is 14.5 Å². The molecule has 0 aliphatic carbocycles. The van der Waals surface area contributed by atoms with Crippen LogP contribution >= 0.6 is 0 Å². The first-order valence-electron chi connectivity index (χ1n) is 5.57. The summed E-state index contributed by atoms with van der Waals surface area (Å²) >= 11 is 0. The quantitative estimate of drug-likeness (QED) is 0.802. The van der Waals surface area contributed by atoms with Gasteiger partial charge in [0.25, 0.3) is 0 Å². The Bertz CT molecular complexity index is 508. The van der Waals surface area contributed by atoms with E-state index in [1.54, 1.807) is 7.05 Å². The summed E-state index contributed by atoms with van der Waals surface area (Å²) in [6.45, 7) is -1.26. The zero-order chi connectivity index (χ0) is 14.5. The Morgan fingerprint density at radius 1 is 1.32 bits per heavy atom. The van der Waals surface area contributed by atoms with E-state index in [2.05, 4.69) is 14.8 Å². The molecule has 0 saturated carbocycles. The smallest absolute Gasteiger partial charge is 0.387 e. The van der Waals surface area contributed by atoms with Crippen molar-refractivity contribution in [3.63, 3.8) is 0 Å². The van der Waals surface area contributed by atoms with Gasteiger partial charge in [0.1, 0.15) is 5.75 Å². The summed E-state index contributed by atoms with van der Waals surface area (Å²) in [5, 5.41) is 2.02. The van der Waals surface area contributed by atoms with E-state index < -0.39 is 21.9 Å². The van der Waals surface area contributed by atoms with Crippen LogP contribution in [0.15, 0.2) is 24.3 Å². The van der Waals surface area contributed by atoms with Gasteiger partial charge in [0.05, 0.1) is 10.9 Å². The molecule has 0 aromatic heterocycles. The molecule has 0 saturated heterocycles. The summed E-state index contributed by atoms with van der Waals surface area (Å²) in [5.41, 5.74) is -0.00856. The summed E-state index contributed by atoms with van der Waals surface area (Å²) in [7, 11) is -2.05. The lowest BCUT2D eigenvalue weighted by atomic mass is 10.3. The molecule has 19 heavy (non-hydrogen) atoms. The molecule has 0 heterocycles. The van der Waals surface area contributed by atoms with E-state index in [4.69, 9.17) is 0 Å². The highest BCUT2D eigenvalue weighted by Crippen LogP contribution is 2.27. The normalized spacial score (nSPS) is 13.3. The number of halogens is 2. The minimum absolute atomic E-state index is 0.00856. The Balaban J connectivity index is 2.93. The van der Waals surface area contributed by atoms with Gasteiger partial charge in [-0.25, -0.2) is 8.42 Å². The molecular weight excluding hydrogens is 278 g/mol. The number of anilines is 1. The monoisotopic (exact) mass is 294 g/mol. The van der Waals surface area contributed by atoms with Gasteiger partial charge in [-0.3, -0.25) is 4.72 Å². The van der Waals surface area contributed by atoms with Gasteiger partial charge in [-0.2, -0.15) is 8.78 Å². The van der Waals surface area contributed by atoms with Gasteiger partial charge in [0, 0.05) is 6.54 Å². The summed E-state index contributed by atoms with van der Waals surface area (Å²) < 4.78 is 54.8. The largest absolute Gasteiger partial charge is 0.433 e. The first-order chi connectivity index (χ1) is 8.86. The number of sulfonamides is 1. The zero-order valence-corrected chi connectivity index (χ0v) is 11.4. The van der Waals surface area contributed by atoms with E-state index in [1.807, 2.05) is 0 Å². The van der Waals surface area contributed by atoms with Crippen LogP contribution in [-0.4, -0.2) is 33.9 Å². The predicted molar refractivity (Wildman–Crippen MR) is 69.0 cm³/mol. The molecule has 8 heteroatoms. The molecular formula is C11H16F2N2O3S. The van der Waals surface area contributed by atoms with Crippen molar-refractivity contribution in [2.75, 3.05) is 18.3 Å². The second-order valence-electron chi connectivity index (χ2n) is 3.89. The van der Waals surface area contributed by atoms with Gasteiger partial charge in [-0.15, -0.1) is 0 Å². The van der Waals surface area contributed by atoms with Crippen molar-refractivity contribution in [1.29, 1.82) is 0 Å². The number of alkyl halides is 2. The predicted octanol–water partition coefficient (Wildman–Crippen LogP) is 1.64. The Labute approximate surface area is 111 Å². The van der Waals surface area contributed by atoms with Crippen molar-refractivity contribution in [3.8, 4) is 5.75 Å². The highest BCUT2D eigenvalue weighted by atomic mass is 32.2. The van der Waals surface area contributed by atoms with Crippen LogP contribution in [0.3, 0.4) is 0 Å². The van der Waals surface area contributed by atoms with Crippen molar-refractivity contribution in [1.82, 2.24) is 5.32 Å². The lowest BCUT2D eigenvalue weighted by molar-refractivity contribution is -0.0493. The van der Waals surface area contributed by atoms with Crippen molar-refractivity contribution in [2.45, 2.75) is 18.8 Å². The number of ether oxygens (including phenoxy) is 1. The number of hydrogen-bond donors (Lipinski definition) is 2. The van der Waals surface area contributed by atoms with Crippen molar-refractivity contribution in [2.24, 2.45) is 0 Å². The van der Waals surface area contributed by atoms with E-state index >= 15 is 0 Å². The molecule has 0 amide bonds. The molecule has 0 aliphatic heterocycles. The topological polar surface area (TPSA) is 67.4 Å². The van der Waals surface area contributed by atoms with Crippen LogP contribution in [0.1, 0.15) is 6.92 Å². The van der Waals surface area contributed by atoms with E-state index in [0.29, 0.717) is 0 Å². The van der Waals surface area contributed by atoms with Crippen molar-refractivity contribution < 1.29 is 21.9 Å². The maximum Gasteiger partial charge on any atom is 0.387 e. The molecule has 0 bridgehead atoms. The fourth-order valence-corrected chi connectivity index (χ4v) is 2.46. The Morgan fingerprint density at radius 2 is 1.95 bits per heavy atom. The summed E-state index contributed by atoms with van der Waals surface area (Å²) in [6.07, 6.45) is 0. The Kier molecular flexibility index (Phi) is 5.49. The van der Waals surface area contributed by atoms with Crippen LogP contribution in [0.2, 0.25) is 0 Å². The van der Waals surface area contributed by atoms with E-state index in [1.165, 1.54) is 31.2 Å². The second-order valence-corrected chi connectivity index (χ2v) is 5.99. The molecule has 0 spiro atoms. The molecule has 0 aliphatic rings. The number of nitrogens with one attached hydrogen (secondary N) is 2. The van der Waals surface area contributed by atoms with Gasteiger partial charge >= 0.3 is 6.61 Å². The third-order valence-electron chi connectivity index (χ3n) is 2.38. The maximum atomic E-state index is 12.2. The fourth-order valence-electron chi connectivity index (χ4n) is 1.40. The molecule has 1 unspecified atom stereocenters. The van der Waals surface area contributed by atoms with E-state index in [9.17, 15) is 17.2 Å². The van der Waals surface area contributed by atoms with Crippen molar-refractivity contribution in [3.05, 3.63) is 24.3 Å². The minimum Gasteiger partial charge on any atom is -0.433 e. The lowest BCUT2D eigenvalue weighted by Crippen LogP contribution is -2.33. The standard InChI is InChI=1S/C11H16F2N2O3S/c1-8(7-14-2)19(16,17)15-9-5-3-4-6-10(9)18-11(12)13/h3-6,8,11,14-15H,7H2,1-2H3. The van der Waals surface area contributed by atoms with Gasteiger partial charge in [0.2, 0.25) is 10.0 Å². The third kappa shape index (κ3) is 4.64. The molecule has 108 valence electrons. The highest BCUT2D eigenvalue weighted by Gasteiger charge is 2.21. The molecule has 1 aromatic rings. The number of benzene rings is 1. The molecule has 5 nitrogen and oxygen atoms in total. The second kappa shape index (κ2) is 6.67. The van der Waals surface area contributed by atoms with Crippen LogP contribution in [0, 0.1) is 0 Å². The summed E-state index contributed by atoms with van der Waals surface area (Å²) in [4.78, 5) is 0. The molecule has 0 radical (unpaired) electrons. The molecule has 1 atom stereocenters. The van der Waals surface area contributed by atoms with E-state index in [0.717, 1.165) is 0 Å². The SMILES string of the molecule is CNCC(C)S(=O)(=O)Nc1ccccc1OC(F)F. The van der Waals surface area contributed by atoms with Crippen LogP contribution < -0.4 is 14.8 Å². The first-order valence-corrected chi connectivity index (χ1v) is 7.11. The molecule has 2 N–H and O–H groups in total. The van der Waals surface area contributed by atoms with Gasteiger partial charge in [-0.05, 0) is 26.1 Å². The van der Waals surface area contributed by atoms with Gasteiger partial charge < -0.3 is 10.1 Å². The highest BCUT2D eigenvalue weighted by molar-refractivity contribution is 7.93. The minimum atomic E-state index is -3.67. The molecule has 1 rings (SSSR count). The van der Waals surface area contributed by atoms with Crippen molar-refractivity contribution >= 4 is 15.7 Å². The number of para-hydroxylation sites is 2. The Hall–Kier alpha value is -1.41. The van der Waals surface area contributed by atoms with Crippen LogP contribution in [-0.2, 0) is 10.0 Å². The Morgan fingerprint density at radius 3 is 2.53 bits per heavy atom. The maximum absolute atomic E-state index is 12.2. The fraction of sp³-hybridized carbons (Fsp3) is 0.455. The summed E-state index contributed by atoms with van der Waals surface area (Å²) in [5.74, 6) is -0.210. The number of rotatable bonds is 7. The number of hydrogen-bond acceptors (Lipinski definition) is 4. The molecule has 1 aromatic carbocycles. The van der Waals surface area contributed by atoms with Gasteiger partial charge in [0.15, 0.2) is 0 Å².